The number of nitrogens with zero attached hydrogens (tertiary/aromatic N) is 1. The number of hydrogen-bond donors (Lipinski definition) is 2. The van der Waals surface area contributed by atoms with E-state index in [4.69, 9.17) is 0 Å². The Hall–Kier alpha value is -0.850. The third-order valence-electron chi connectivity index (χ3n) is 3.87. The van der Waals surface area contributed by atoms with Crippen LogP contribution < -0.4 is 10.9 Å². The summed E-state index contributed by atoms with van der Waals surface area (Å²) in [5.41, 5.74) is 1.05. The Bertz CT molecular complexity index is 671. The minimum atomic E-state index is -0.00662. The predicted molar refractivity (Wildman–Crippen MR) is 86.9 cm³/mol. The van der Waals surface area contributed by atoms with E-state index in [-0.39, 0.29) is 5.56 Å². The van der Waals surface area contributed by atoms with Crippen LogP contribution in [0.4, 0.5) is 0 Å². The van der Waals surface area contributed by atoms with E-state index in [0.717, 1.165) is 21.6 Å². The maximum atomic E-state index is 12.2. The van der Waals surface area contributed by atoms with Crippen LogP contribution in [-0.4, -0.2) is 27.5 Å². The van der Waals surface area contributed by atoms with E-state index in [2.05, 4.69) is 15.3 Å². The van der Waals surface area contributed by atoms with Crippen molar-refractivity contribution < 1.29 is 0 Å². The molecule has 1 aliphatic rings. The van der Waals surface area contributed by atoms with Crippen molar-refractivity contribution in [1.29, 1.82) is 0 Å². The lowest BCUT2D eigenvalue weighted by Gasteiger charge is -2.22. The van der Waals surface area contributed by atoms with E-state index >= 15 is 0 Å². The second-order valence-corrected chi connectivity index (χ2v) is 7.67. The number of rotatable bonds is 3. The molecule has 3 rings (SSSR count). The lowest BCUT2D eigenvalue weighted by molar-refractivity contribution is 0.474. The maximum absolute atomic E-state index is 12.2. The van der Waals surface area contributed by atoms with Gasteiger partial charge in [-0.15, -0.1) is 11.3 Å². The molecule has 0 aromatic carbocycles. The van der Waals surface area contributed by atoms with Crippen molar-refractivity contribution >= 4 is 33.3 Å². The zero-order chi connectivity index (χ0) is 14.1. The standard InChI is InChI=1S/C14H19N3OS2/c1-8-9(2)20-14-12(8)13(18)16-11(17-14)7-15-10-3-5-19-6-4-10/h10,15H,3-7H2,1-2H3,(H,16,17,18). The van der Waals surface area contributed by atoms with Gasteiger partial charge in [0.1, 0.15) is 10.7 Å². The van der Waals surface area contributed by atoms with Crippen molar-refractivity contribution in [2.24, 2.45) is 0 Å². The molecule has 2 aromatic rings. The fourth-order valence-electron chi connectivity index (χ4n) is 2.53. The Morgan fingerprint density at radius 3 is 2.85 bits per heavy atom. The van der Waals surface area contributed by atoms with Gasteiger partial charge in [-0.3, -0.25) is 4.79 Å². The fraction of sp³-hybridized carbons (Fsp3) is 0.571. The summed E-state index contributed by atoms with van der Waals surface area (Å²) in [6, 6.07) is 0.559. The van der Waals surface area contributed by atoms with Crippen LogP contribution in [0.3, 0.4) is 0 Å². The Balaban J connectivity index is 1.80. The molecule has 2 aromatic heterocycles. The first-order valence-corrected chi connectivity index (χ1v) is 8.92. The number of aryl methyl sites for hydroxylation is 2. The molecule has 6 heteroatoms. The van der Waals surface area contributed by atoms with Gasteiger partial charge in [-0.1, -0.05) is 0 Å². The van der Waals surface area contributed by atoms with Crippen molar-refractivity contribution in [3.05, 3.63) is 26.6 Å². The van der Waals surface area contributed by atoms with E-state index in [1.54, 1.807) is 11.3 Å². The average molecular weight is 309 g/mol. The molecule has 0 saturated carbocycles. The van der Waals surface area contributed by atoms with Gasteiger partial charge < -0.3 is 10.3 Å². The summed E-state index contributed by atoms with van der Waals surface area (Å²) in [7, 11) is 0. The van der Waals surface area contributed by atoms with Crippen LogP contribution in [0.15, 0.2) is 4.79 Å². The first-order chi connectivity index (χ1) is 9.65. The summed E-state index contributed by atoms with van der Waals surface area (Å²) < 4.78 is 0. The highest BCUT2D eigenvalue weighted by Crippen LogP contribution is 2.25. The van der Waals surface area contributed by atoms with Crippen LogP contribution in [0.5, 0.6) is 0 Å². The maximum Gasteiger partial charge on any atom is 0.259 e. The Labute approximate surface area is 126 Å². The van der Waals surface area contributed by atoms with E-state index in [1.165, 1.54) is 29.2 Å². The monoisotopic (exact) mass is 309 g/mol. The molecule has 0 radical (unpaired) electrons. The van der Waals surface area contributed by atoms with E-state index < -0.39 is 0 Å². The van der Waals surface area contributed by atoms with Crippen LogP contribution in [0.1, 0.15) is 29.1 Å². The molecule has 0 atom stereocenters. The van der Waals surface area contributed by atoms with Gasteiger partial charge in [-0.25, -0.2) is 4.98 Å². The van der Waals surface area contributed by atoms with Gasteiger partial charge in [-0.05, 0) is 43.8 Å². The third kappa shape index (κ3) is 2.77. The summed E-state index contributed by atoms with van der Waals surface area (Å²) in [6.45, 7) is 4.68. The normalized spacial score (nSPS) is 16.9. The number of aromatic amines is 1. The summed E-state index contributed by atoms with van der Waals surface area (Å²) in [4.78, 5) is 21.7. The van der Waals surface area contributed by atoms with Crippen molar-refractivity contribution in [2.75, 3.05) is 11.5 Å². The number of hydrogen-bond acceptors (Lipinski definition) is 5. The number of thioether (sulfide) groups is 1. The van der Waals surface area contributed by atoms with E-state index in [1.807, 2.05) is 25.6 Å². The number of H-pyrrole nitrogens is 1. The molecule has 1 fully saturated rings. The molecule has 0 unspecified atom stereocenters. The largest absolute Gasteiger partial charge is 0.309 e. The van der Waals surface area contributed by atoms with Gasteiger partial charge in [0.25, 0.3) is 5.56 Å². The molecule has 2 N–H and O–H groups in total. The topological polar surface area (TPSA) is 57.8 Å². The molecule has 0 spiro atoms. The summed E-state index contributed by atoms with van der Waals surface area (Å²) in [6.07, 6.45) is 2.41. The number of thiophene rings is 1. The minimum absolute atomic E-state index is 0.00662. The second-order valence-electron chi connectivity index (χ2n) is 5.24. The number of fused-ring (bicyclic) bond motifs is 1. The highest BCUT2D eigenvalue weighted by molar-refractivity contribution is 7.99. The molecule has 3 heterocycles. The molecule has 0 amide bonds. The Morgan fingerprint density at radius 2 is 2.10 bits per heavy atom. The number of nitrogens with one attached hydrogen (secondary N) is 2. The van der Waals surface area contributed by atoms with E-state index in [9.17, 15) is 4.79 Å². The lowest BCUT2D eigenvalue weighted by atomic mass is 10.1. The van der Waals surface area contributed by atoms with Crippen LogP contribution in [0, 0.1) is 13.8 Å². The van der Waals surface area contributed by atoms with Gasteiger partial charge in [0, 0.05) is 10.9 Å². The average Bonchev–Trinajstić information content (AvgIpc) is 2.73. The summed E-state index contributed by atoms with van der Waals surface area (Å²) in [5, 5.41) is 4.26. The van der Waals surface area contributed by atoms with Crippen molar-refractivity contribution in [2.45, 2.75) is 39.3 Å². The highest BCUT2D eigenvalue weighted by Gasteiger charge is 2.15. The molecule has 20 heavy (non-hydrogen) atoms. The van der Waals surface area contributed by atoms with Crippen molar-refractivity contribution in [3.63, 3.8) is 0 Å². The van der Waals surface area contributed by atoms with Crippen LogP contribution in [0.25, 0.3) is 10.2 Å². The first kappa shape index (κ1) is 14.1. The predicted octanol–water partition coefficient (Wildman–Crippen LogP) is 2.59. The van der Waals surface area contributed by atoms with Gasteiger partial charge in [0.15, 0.2) is 0 Å². The van der Waals surface area contributed by atoms with Crippen LogP contribution >= 0.6 is 23.1 Å². The quantitative estimate of drug-likeness (QED) is 0.915. The van der Waals surface area contributed by atoms with E-state index in [0.29, 0.717) is 12.6 Å². The smallest absolute Gasteiger partial charge is 0.259 e. The molecule has 1 aliphatic heterocycles. The third-order valence-corrected chi connectivity index (χ3v) is 6.02. The van der Waals surface area contributed by atoms with Crippen molar-refractivity contribution in [1.82, 2.24) is 15.3 Å². The minimum Gasteiger partial charge on any atom is -0.309 e. The Morgan fingerprint density at radius 1 is 1.35 bits per heavy atom. The van der Waals surface area contributed by atoms with Gasteiger partial charge in [0.2, 0.25) is 0 Å². The van der Waals surface area contributed by atoms with Crippen LogP contribution in [-0.2, 0) is 6.54 Å². The molecule has 108 valence electrons. The molecular formula is C14H19N3OS2. The SMILES string of the molecule is Cc1sc2nc(CNC3CCSCC3)[nH]c(=O)c2c1C. The first-order valence-electron chi connectivity index (χ1n) is 6.95. The van der Waals surface area contributed by atoms with Gasteiger partial charge in [-0.2, -0.15) is 11.8 Å². The van der Waals surface area contributed by atoms with Gasteiger partial charge in [0.05, 0.1) is 11.9 Å². The fourth-order valence-corrected chi connectivity index (χ4v) is 4.68. The van der Waals surface area contributed by atoms with Gasteiger partial charge >= 0.3 is 0 Å². The lowest BCUT2D eigenvalue weighted by Crippen LogP contribution is -2.33. The Kier molecular flexibility index (Phi) is 4.14. The second kappa shape index (κ2) is 5.87. The summed E-state index contributed by atoms with van der Waals surface area (Å²) >= 11 is 3.62. The molecule has 1 saturated heterocycles. The number of aromatic nitrogens is 2. The van der Waals surface area contributed by atoms with Crippen molar-refractivity contribution in [3.8, 4) is 0 Å². The van der Waals surface area contributed by atoms with Crippen LogP contribution in [0.2, 0.25) is 0 Å². The molecule has 0 aliphatic carbocycles. The molecule has 0 bridgehead atoms. The summed E-state index contributed by atoms with van der Waals surface area (Å²) in [5.74, 6) is 3.20. The molecular weight excluding hydrogens is 290 g/mol. The molecule has 4 nitrogen and oxygen atoms in total. The zero-order valence-electron chi connectivity index (χ0n) is 11.8. The zero-order valence-corrected chi connectivity index (χ0v) is 13.4. The highest BCUT2D eigenvalue weighted by atomic mass is 32.2.